The molecule has 0 fully saturated rings. The van der Waals surface area contributed by atoms with Crippen LogP contribution in [0, 0.1) is 10.1 Å². The van der Waals surface area contributed by atoms with Crippen LogP contribution in [0.15, 0.2) is 18.2 Å². The zero-order valence-electron chi connectivity index (χ0n) is 11.9. The van der Waals surface area contributed by atoms with E-state index in [2.05, 4.69) is 5.32 Å². The van der Waals surface area contributed by atoms with E-state index in [9.17, 15) is 20.0 Å². The lowest BCUT2D eigenvalue weighted by Crippen LogP contribution is -2.14. The molecule has 2 aromatic rings. The van der Waals surface area contributed by atoms with Crippen LogP contribution in [0.4, 0.5) is 11.4 Å². The lowest BCUT2D eigenvalue weighted by Gasteiger charge is -2.21. The van der Waals surface area contributed by atoms with Gasteiger partial charge in [0.15, 0.2) is 0 Å². The minimum atomic E-state index is -0.703. The third-order valence-electron chi connectivity index (χ3n) is 3.72. The number of phenolic OH excluding ortho intramolecular Hbond substituents is 1. The lowest BCUT2D eigenvalue weighted by molar-refractivity contribution is -0.383. The molecule has 3 rings (SSSR count). The number of nitrogens with zero attached hydrogens (tertiary/aromatic N) is 1. The Hall–Kier alpha value is -2.83. The maximum absolute atomic E-state index is 12.0. The molecule has 0 amide bonds. The minimum absolute atomic E-state index is 0.0704. The van der Waals surface area contributed by atoms with Crippen molar-refractivity contribution in [3.8, 4) is 5.75 Å². The Morgan fingerprint density at radius 1 is 1.45 bits per heavy atom. The maximum Gasteiger partial charge on any atom is 0.342 e. The van der Waals surface area contributed by atoms with Crippen LogP contribution in [0.5, 0.6) is 5.75 Å². The highest BCUT2D eigenvalue weighted by Crippen LogP contribution is 2.43. The Labute approximate surface area is 125 Å². The highest BCUT2D eigenvalue weighted by Gasteiger charge is 2.27. The molecular weight excluding hydrogens is 288 g/mol. The molecule has 1 aliphatic rings. The Bertz CT molecular complexity index is 800. The lowest BCUT2D eigenvalue weighted by atomic mass is 9.93. The van der Waals surface area contributed by atoms with E-state index in [1.165, 1.54) is 12.1 Å². The van der Waals surface area contributed by atoms with Gasteiger partial charge in [-0.25, -0.2) is 4.79 Å². The Morgan fingerprint density at radius 3 is 2.91 bits per heavy atom. The van der Waals surface area contributed by atoms with Crippen LogP contribution in [0.25, 0.3) is 10.8 Å². The summed E-state index contributed by atoms with van der Waals surface area (Å²) in [7, 11) is 0. The van der Waals surface area contributed by atoms with Gasteiger partial charge in [-0.3, -0.25) is 10.1 Å². The fourth-order valence-corrected chi connectivity index (χ4v) is 2.80. The van der Waals surface area contributed by atoms with E-state index in [0.29, 0.717) is 24.0 Å². The van der Waals surface area contributed by atoms with Crippen molar-refractivity contribution >= 4 is 28.1 Å². The number of carbonyl (C=O) groups is 1. The summed E-state index contributed by atoms with van der Waals surface area (Å²) in [6.45, 7) is 2.47. The minimum Gasteiger partial charge on any atom is -0.506 e. The number of carbonyl (C=O) groups excluding carboxylic acids is 1. The van der Waals surface area contributed by atoms with Gasteiger partial charge in [-0.15, -0.1) is 0 Å². The number of ether oxygens (including phenoxy) is 1. The Balaban J connectivity index is 2.39. The summed E-state index contributed by atoms with van der Waals surface area (Å²) in [5.74, 6) is -1.11. The first-order chi connectivity index (χ1) is 10.5. The number of non-ortho nitro benzene ring substituents is 1. The van der Waals surface area contributed by atoms with Crippen LogP contribution >= 0.6 is 0 Å². The molecule has 2 N–H and O–H groups in total. The molecule has 0 aromatic heterocycles. The van der Waals surface area contributed by atoms with E-state index >= 15 is 0 Å². The number of benzene rings is 2. The average molecular weight is 302 g/mol. The fourth-order valence-electron chi connectivity index (χ4n) is 2.80. The van der Waals surface area contributed by atoms with E-state index < -0.39 is 16.6 Å². The number of aromatic hydroxyl groups is 1. The van der Waals surface area contributed by atoms with Crippen molar-refractivity contribution in [3.05, 3.63) is 39.4 Å². The molecule has 0 atom stereocenters. The van der Waals surface area contributed by atoms with Gasteiger partial charge in [0.05, 0.1) is 11.5 Å². The van der Waals surface area contributed by atoms with Gasteiger partial charge in [-0.05, 0) is 25.0 Å². The van der Waals surface area contributed by atoms with E-state index in [-0.39, 0.29) is 23.2 Å². The molecule has 0 saturated carbocycles. The molecule has 114 valence electrons. The van der Waals surface area contributed by atoms with Crippen molar-refractivity contribution in [3.63, 3.8) is 0 Å². The molecule has 0 saturated heterocycles. The summed E-state index contributed by atoms with van der Waals surface area (Å²) in [5, 5.41) is 25.5. The molecule has 0 radical (unpaired) electrons. The first-order valence-electron chi connectivity index (χ1n) is 6.91. The first kappa shape index (κ1) is 14.1. The van der Waals surface area contributed by atoms with Crippen LogP contribution in [-0.4, -0.2) is 29.2 Å². The van der Waals surface area contributed by atoms with Crippen molar-refractivity contribution < 1.29 is 19.6 Å². The monoisotopic (exact) mass is 302 g/mol. The summed E-state index contributed by atoms with van der Waals surface area (Å²) >= 11 is 0. The van der Waals surface area contributed by atoms with Gasteiger partial charge >= 0.3 is 5.97 Å². The van der Waals surface area contributed by atoms with Gasteiger partial charge in [0.1, 0.15) is 16.7 Å². The van der Waals surface area contributed by atoms with Crippen molar-refractivity contribution in [1.82, 2.24) is 0 Å². The number of rotatable bonds is 3. The SMILES string of the molecule is CCOC(=O)c1cc2c3c(ccc([N+](=O)[O-])c3c1O)CCN2. The largest absolute Gasteiger partial charge is 0.506 e. The van der Waals surface area contributed by atoms with Crippen LogP contribution in [0.3, 0.4) is 0 Å². The second-order valence-electron chi connectivity index (χ2n) is 4.97. The molecule has 22 heavy (non-hydrogen) atoms. The van der Waals surface area contributed by atoms with Gasteiger partial charge in [-0.1, -0.05) is 6.07 Å². The van der Waals surface area contributed by atoms with Gasteiger partial charge in [0, 0.05) is 23.7 Å². The third kappa shape index (κ3) is 2.02. The fraction of sp³-hybridized carbons (Fsp3) is 0.267. The quantitative estimate of drug-likeness (QED) is 0.391. The molecule has 7 nitrogen and oxygen atoms in total. The summed E-state index contributed by atoms with van der Waals surface area (Å²) in [4.78, 5) is 22.7. The molecule has 1 heterocycles. The number of esters is 1. The van der Waals surface area contributed by atoms with Gasteiger partial charge in [-0.2, -0.15) is 0 Å². The van der Waals surface area contributed by atoms with Crippen LogP contribution in [-0.2, 0) is 11.2 Å². The van der Waals surface area contributed by atoms with E-state index in [0.717, 1.165) is 5.56 Å². The smallest absolute Gasteiger partial charge is 0.342 e. The van der Waals surface area contributed by atoms with Gasteiger partial charge in [0.2, 0.25) is 0 Å². The molecule has 7 heteroatoms. The van der Waals surface area contributed by atoms with E-state index in [1.54, 1.807) is 13.0 Å². The van der Waals surface area contributed by atoms with Crippen LogP contribution in [0.2, 0.25) is 0 Å². The molecule has 0 bridgehead atoms. The standard InChI is InChI=1S/C15H14N2O5/c1-2-22-15(19)9-7-10-12-8(5-6-16-10)3-4-11(17(20)21)13(12)14(9)18/h3-4,7,16,18H,2,5-6H2,1H3. The molecule has 1 aliphatic heterocycles. The highest BCUT2D eigenvalue weighted by molar-refractivity contribution is 6.11. The molecule has 0 aliphatic carbocycles. The van der Waals surface area contributed by atoms with Crippen LogP contribution < -0.4 is 5.32 Å². The van der Waals surface area contributed by atoms with E-state index in [1.807, 2.05) is 0 Å². The van der Waals surface area contributed by atoms with Crippen molar-refractivity contribution in [2.45, 2.75) is 13.3 Å². The number of phenols is 1. The number of nitro groups is 1. The molecular formula is C15H14N2O5. The second kappa shape index (κ2) is 5.18. The maximum atomic E-state index is 12.0. The Morgan fingerprint density at radius 2 is 2.23 bits per heavy atom. The van der Waals surface area contributed by atoms with Crippen molar-refractivity contribution in [1.29, 1.82) is 0 Å². The predicted molar refractivity (Wildman–Crippen MR) is 80.4 cm³/mol. The number of nitro benzene ring substituents is 1. The number of hydrogen-bond acceptors (Lipinski definition) is 6. The number of anilines is 1. The zero-order chi connectivity index (χ0) is 15.9. The normalized spacial score (nSPS) is 12.8. The van der Waals surface area contributed by atoms with Crippen LogP contribution in [0.1, 0.15) is 22.8 Å². The molecule has 0 unspecified atom stereocenters. The summed E-state index contributed by atoms with van der Waals surface area (Å²) < 4.78 is 4.91. The molecule has 2 aromatic carbocycles. The first-order valence-corrected chi connectivity index (χ1v) is 6.91. The second-order valence-corrected chi connectivity index (χ2v) is 4.97. The van der Waals surface area contributed by atoms with Crippen molar-refractivity contribution in [2.75, 3.05) is 18.5 Å². The molecule has 0 spiro atoms. The predicted octanol–water partition coefficient (Wildman–Crippen LogP) is 2.60. The summed E-state index contributed by atoms with van der Waals surface area (Å²) in [6, 6.07) is 4.54. The highest BCUT2D eigenvalue weighted by atomic mass is 16.6. The topological polar surface area (TPSA) is 102 Å². The Kier molecular flexibility index (Phi) is 3.32. The van der Waals surface area contributed by atoms with Crippen molar-refractivity contribution in [2.24, 2.45) is 0 Å². The average Bonchev–Trinajstić information content (AvgIpc) is 2.50. The summed E-state index contributed by atoms with van der Waals surface area (Å²) in [6.07, 6.45) is 0.694. The zero-order valence-corrected chi connectivity index (χ0v) is 11.9. The number of nitrogens with one attached hydrogen (secondary N) is 1. The third-order valence-corrected chi connectivity index (χ3v) is 3.72. The summed E-state index contributed by atoms with van der Waals surface area (Å²) in [5.41, 5.74) is 1.20. The number of hydrogen-bond donors (Lipinski definition) is 2. The van der Waals surface area contributed by atoms with E-state index in [4.69, 9.17) is 4.74 Å². The van der Waals surface area contributed by atoms with Gasteiger partial charge < -0.3 is 15.2 Å². The van der Waals surface area contributed by atoms with Gasteiger partial charge in [0.25, 0.3) is 5.69 Å².